The number of hydrogen-bond donors (Lipinski definition) is 0. The molecule has 3 nitrogen and oxygen atoms in total. The molecule has 1 aromatic rings. The molecule has 3 aliphatic rings. The fraction of sp³-hybridized carbons (Fsp3) is 0.613. The van der Waals surface area contributed by atoms with Crippen molar-refractivity contribution in [3.8, 4) is 0 Å². The number of ketones is 1. The molecular formula is C31H41FO3. The molecule has 0 unspecified atom stereocenters. The third-order valence-electron chi connectivity index (χ3n) is 9.13. The Hall–Kier alpha value is -2.23. The SMILES string of the molecule is CCCC[C@H]1[C@H]([C@@H]2CC[C@H](C(=O)/C=C/c3ccc(F)cc3)C2)CC=C2C[C@@H](OC(C)=O)CC[C@@]21C. The van der Waals surface area contributed by atoms with Gasteiger partial charge in [0.15, 0.2) is 5.78 Å². The summed E-state index contributed by atoms with van der Waals surface area (Å²) in [5.41, 5.74) is 2.54. The second kappa shape index (κ2) is 11.2. The molecule has 0 N–H and O–H groups in total. The van der Waals surface area contributed by atoms with E-state index in [0.29, 0.717) is 17.8 Å². The fourth-order valence-electron chi connectivity index (χ4n) is 7.22. The average molecular weight is 481 g/mol. The molecule has 0 aliphatic heterocycles. The van der Waals surface area contributed by atoms with Crippen LogP contribution in [0, 0.1) is 34.9 Å². The Balaban J connectivity index is 1.44. The molecule has 0 heterocycles. The largest absolute Gasteiger partial charge is 0.462 e. The molecule has 2 fully saturated rings. The predicted molar refractivity (Wildman–Crippen MR) is 138 cm³/mol. The van der Waals surface area contributed by atoms with Gasteiger partial charge in [0.1, 0.15) is 11.9 Å². The zero-order valence-electron chi connectivity index (χ0n) is 21.6. The first-order valence-electron chi connectivity index (χ1n) is 13.6. The molecule has 4 rings (SSSR count). The van der Waals surface area contributed by atoms with Gasteiger partial charge in [-0.25, -0.2) is 4.39 Å². The van der Waals surface area contributed by atoms with E-state index in [1.807, 2.05) is 6.08 Å². The minimum Gasteiger partial charge on any atom is -0.462 e. The quantitative estimate of drug-likeness (QED) is 0.217. The minimum absolute atomic E-state index is 0.0246. The molecule has 190 valence electrons. The van der Waals surface area contributed by atoms with E-state index in [9.17, 15) is 14.0 Å². The van der Waals surface area contributed by atoms with Crippen LogP contribution in [-0.2, 0) is 14.3 Å². The van der Waals surface area contributed by atoms with E-state index in [4.69, 9.17) is 4.74 Å². The smallest absolute Gasteiger partial charge is 0.302 e. The van der Waals surface area contributed by atoms with Crippen molar-refractivity contribution < 1.29 is 18.7 Å². The number of benzene rings is 1. The van der Waals surface area contributed by atoms with Gasteiger partial charge in [0.2, 0.25) is 0 Å². The van der Waals surface area contributed by atoms with E-state index in [2.05, 4.69) is 19.9 Å². The molecule has 3 aliphatic carbocycles. The van der Waals surface area contributed by atoms with Crippen molar-refractivity contribution in [3.05, 3.63) is 53.4 Å². The molecule has 2 saturated carbocycles. The zero-order valence-corrected chi connectivity index (χ0v) is 21.6. The Morgan fingerprint density at radius 2 is 1.94 bits per heavy atom. The van der Waals surface area contributed by atoms with Gasteiger partial charge in [-0.15, -0.1) is 0 Å². The van der Waals surface area contributed by atoms with Crippen molar-refractivity contribution in [2.45, 2.75) is 91.1 Å². The molecule has 0 radical (unpaired) electrons. The lowest BCUT2D eigenvalue weighted by molar-refractivity contribution is -0.148. The molecule has 0 aromatic heterocycles. The van der Waals surface area contributed by atoms with E-state index in [0.717, 1.165) is 50.5 Å². The summed E-state index contributed by atoms with van der Waals surface area (Å²) in [4.78, 5) is 24.5. The van der Waals surface area contributed by atoms with Gasteiger partial charge in [-0.05, 0) is 91.9 Å². The van der Waals surface area contributed by atoms with E-state index in [1.165, 1.54) is 43.9 Å². The number of carbonyl (C=O) groups is 2. The van der Waals surface area contributed by atoms with Crippen LogP contribution >= 0.6 is 0 Å². The van der Waals surface area contributed by atoms with Crippen LogP contribution in [-0.4, -0.2) is 17.9 Å². The molecule has 0 spiro atoms. The van der Waals surface area contributed by atoms with Gasteiger partial charge in [0.25, 0.3) is 0 Å². The highest BCUT2D eigenvalue weighted by atomic mass is 19.1. The Morgan fingerprint density at radius 3 is 2.66 bits per heavy atom. The van der Waals surface area contributed by atoms with Crippen LogP contribution in [0.4, 0.5) is 4.39 Å². The first-order valence-corrected chi connectivity index (χ1v) is 13.6. The lowest BCUT2D eigenvalue weighted by atomic mass is 9.53. The highest BCUT2D eigenvalue weighted by Gasteiger charge is 2.49. The van der Waals surface area contributed by atoms with Crippen molar-refractivity contribution in [1.29, 1.82) is 0 Å². The maximum absolute atomic E-state index is 13.1. The van der Waals surface area contributed by atoms with Crippen molar-refractivity contribution in [3.63, 3.8) is 0 Å². The lowest BCUT2D eigenvalue weighted by Crippen LogP contribution is -2.44. The first kappa shape index (κ1) is 25.9. The number of halogens is 1. The Morgan fingerprint density at radius 1 is 1.17 bits per heavy atom. The average Bonchev–Trinajstić information content (AvgIpc) is 3.32. The molecule has 0 bridgehead atoms. The van der Waals surface area contributed by atoms with Crippen LogP contribution < -0.4 is 0 Å². The van der Waals surface area contributed by atoms with Crippen LogP contribution in [0.1, 0.15) is 90.5 Å². The van der Waals surface area contributed by atoms with Gasteiger partial charge in [-0.3, -0.25) is 9.59 Å². The van der Waals surface area contributed by atoms with Gasteiger partial charge >= 0.3 is 5.97 Å². The molecular weight excluding hydrogens is 439 g/mol. The van der Waals surface area contributed by atoms with Gasteiger partial charge in [-0.2, -0.15) is 0 Å². The number of esters is 1. The van der Waals surface area contributed by atoms with Crippen LogP contribution in [0.2, 0.25) is 0 Å². The van der Waals surface area contributed by atoms with Crippen LogP contribution in [0.15, 0.2) is 42.0 Å². The van der Waals surface area contributed by atoms with Crippen molar-refractivity contribution in [1.82, 2.24) is 0 Å². The summed E-state index contributed by atoms with van der Waals surface area (Å²) in [7, 11) is 0. The van der Waals surface area contributed by atoms with Crippen molar-refractivity contribution in [2.24, 2.45) is 29.1 Å². The maximum Gasteiger partial charge on any atom is 0.302 e. The van der Waals surface area contributed by atoms with E-state index < -0.39 is 0 Å². The number of rotatable bonds is 8. The standard InChI is InChI=1S/C31H41FO3/c1-4-5-6-29-28(15-12-25-20-27(35-21(2)33)17-18-31(25,29)3)23-10-11-24(19-23)30(34)16-9-22-7-13-26(32)14-8-22/h7-9,12-14,16,23-24,27-29H,4-6,10-11,15,17-20H2,1-3H3/b16-9+/t23-,24+,27+,28+,29+,31+/m1/s1. The minimum atomic E-state index is -0.261. The summed E-state index contributed by atoms with van der Waals surface area (Å²) in [6, 6.07) is 6.27. The van der Waals surface area contributed by atoms with Gasteiger partial charge < -0.3 is 4.74 Å². The van der Waals surface area contributed by atoms with Gasteiger partial charge in [0, 0.05) is 19.3 Å². The zero-order chi connectivity index (χ0) is 25.0. The number of ether oxygens (including phenoxy) is 1. The second-order valence-electron chi connectivity index (χ2n) is 11.3. The van der Waals surface area contributed by atoms with E-state index in [-0.39, 0.29) is 35.0 Å². The molecule has 1 aromatic carbocycles. The number of carbonyl (C=O) groups excluding carboxylic acids is 2. The number of unbranched alkanes of at least 4 members (excludes halogenated alkanes) is 1. The van der Waals surface area contributed by atoms with Crippen molar-refractivity contribution >= 4 is 17.8 Å². The monoisotopic (exact) mass is 480 g/mol. The molecule has 0 saturated heterocycles. The van der Waals surface area contributed by atoms with Gasteiger partial charge in [-0.1, -0.05) is 56.5 Å². The van der Waals surface area contributed by atoms with Crippen LogP contribution in [0.25, 0.3) is 6.08 Å². The summed E-state index contributed by atoms with van der Waals surface area (Å²) < 4.78 is 18.7. The normalized spacial score (nSPS) is 32.8. The fourth-order valence-corrected chi connectivity index (χ4v) is 7.22. The summed E-state index contributed by atoms with van der Waals surface area (Å²) in [6.45, 7) is 6.24. The van der Waals surface area contributed by atoms with Crippen LogP contribution in [0.3, 0.4) is 0 Å². The van der Waals surface area contributed by atoms with E-state index >= 15 is 0 Å². The molecule has 4 heteroatoms. The number of allylic oxidation sites excluding steroid dienone is 2. The Bertz CT molecular complexity index is 962. The number of fused-ring (bicyclic) bond motifs is 1. The third kappa shape index (κ3) is 5.95. The summed E-state index contributed by atoms with van der Waals surface area (Å²) in [6.07, 6.45) is 16.8. The molecule has 6 atom stereocenters. The van der Waals surface area contributed by atoms with Crippen LogP contribution in [0.5, 0.6) is 0 Å². The summed E-state index contributed by atoms with van der Waals surface area (Å²) in [5, 5.41) is 0. The maximum atomic E-state index is 13.1. The topological polar surface area (TPSA) is 43.4 Å². The summed E-state index contributed by atoms with van der Waals surface area (Å²) >= 11 is 0. The predicted octanol–water partition coefficient (Wildman–Crippen LogP) is 7.70. The highest BCUT2D eigenvalue weighted by Crippen LogP contribution is 2.58. The lowest BCUT2D eigenvalue weighted by Gasteiger charge is -2.52. The highest BCUT2D eigenvalue weighted by molar-refractivity contribution is 5.95. The first-order chi connectivity index (χ1) is 16.8. The third-order valence-corrected chi connectivity index (χ3v) is 9.13. The summed E-state index contributed by atoms with van der Waals surface area (Å²) in [5.74, 6) is 1.72. The van der Waals surface area contributed by atoms with Crippen molar-refractivity contribution in [2.75, 3.05) is 0 Å². The molecule has 35 heavy (non-hydrogen) atoms. The molecule has 0 amide bonds. The number of hydrogen-bond acceptors (Lipinski definition) is 3. The van der Waals surface area contributed by atoms with E-state index in [1.54, 1.807) is 18.2 Å². The van der Waals surface area contributed by atoms with Gasteiger partial charge in [0.05, 0.1) is 0 Å². The Kier molecular flexibility index (Phi) is 8.29. The second-order valence-corrected chi connectivity index (χ2v) is 11.3. The Labute approximate surface area is 210 Å².